The van der Waals surface area contributed by atoms with Gasteiger partial charge in [0.05, 0.1) is 17.0 Å². The van der Waals surface area contributed by atoms with Gasteiger partial charge in [-0.3, -0.25) is 10.1 Å². The minimum Gasteiger partial charge on any atom is -0.370 e. The normalized spacial score (nSPS) is 9.43. The van der Waals surface area contributed by atoms with Crippen LogP contribution in [0.1, 0.15) is 5.56 Å². The Hall–Kier alpha value is -2.11. The highest BCUT2D eigenvalue weighted by Crippen LogP contribution is 2.17. The number of benzene rings is 1. The molecular weight excluding hydrogens is 184 g/mol. The summed E-state index contributed by atoms with van der Waals surface area (Å²) in [5.41, 5.74) is 10.8. The molecule has 0 saturated carbocycles. The maximum Gasteiger partial charge on any atom is 0.274 e. The molecule has 0 bridgehead atoms. The molecular formula is C8H10N4O2. The molecule has 1 aromatic rings. The van der Waals surface area contributed by atoms with E-state index in [1.807, 2.05) is 0 Å². The molecule has 0 aromatic heterocycles. The lowest BCUT2D eigenvalue weighted by atomic mass is 10.2. The largest absolute Gasteiger partial charge is 0.370 e. The number of para-hydroxylation sites is 1. The SMILES string of the molecule is NC(N)=NCc1ccccc1[N+](=O)[O-]. The standard InChI is InChI=1S/C8H10N4O2/c9-8(10)11-5-6-3-1-2-4-7(6)12(13)14/h1-4H,5H2,(H4,9,10,11). The van der Waals surface area contributed by atoms with Crippen molar-refractivity contribution in [2.75, 3.05) is 0 Å². The molecule has 0 unspecified atom stereocenters. The number of hydrogen-bond acceptors (Lipinski definition) is 3. The molecule has 6 nitrogen and oxygen atoms in total. The van der Waals surface area contributed by atoms with Crippen molar-refractivity contribution in [2.45, 2.75) is 6.54 Å². The molecule has 14 heavy (non-hydrogen) atoms. The van der Waals surface area contributed by atoms with E-state index in [0.717, 1.165) is 0 Å². The van der Waals surface area contributed by atoms with Gasteiger partial charge >= 0.3 is 0 Å². The van der Waals surface area contributed by atoms with Gasteiger partial charge in [-0.1, -0.05) is 18.2 Å². The zero-order valence-corrected chi connectivity index (χ0v) is 7.38. The summed E-state index contributed by atoms with van der Waals surface area (Å²) in [6.07, 6.45) is 0. The van der Waals surface area contributed by atoms with Crippen LogP contribution in [-0.4, -0.2) is 10.9 Å². The number of guanidine groups is 1. The van der Waals surface area contributed by atoms with Crippen LogP contribution < -0.4 is 11.5 Å². The third kappa shape index (κ3) is 2.44. The van der Waals surface area contributed by atoms with Gasteiger partial charge in [0, 0.05) is 6.07 Å². The zero-order chi connectivity index (χ0) is 10.6. The summed E-state index contributed by atoms with van der Waals surface area (Å²) in [7, 11) is 0. The Morgan fingerprint density at radius 1 is 1.43 bits per heavy atom. The van der Waals surface area contributed by atoms with Crippen LogP contribution in [0.15, 0.2) is 29.3 Å². The van der Waals surface area contributed by atoms with Crippen LogP contribution in [0.25, 0.3) is 0 Å². The third-order valence-electron chi connectivity index (χ3n) is 1.62. The van der Waals surface area contributed by atoms with Crippen LogP contribution in [0.2, 0.25) is 0 Å². The predicted molar refractivity (Wildman–Crippen MR) is 52.6 cm³/mol. The molecule has 0 fully saturated rings. The fourth-order valence-corrected chi connectivity index (χ4v) is 0.999. The number of rotatable bonds is 3. The van der Waals surface area contributed by atoms with Crippen molar-refractivity contribution in [3.8, 4) is 0 Å². The van der Waals surface area contributed by atoms with Crippen molar-refractivity contribution in [1.29, 1.82) is 0 Å². The number of nitrogens with two attached hydrogens (primary N) is 2. The van der Waals surface area contributed by atoms with Gasteiger partial charge < -0.3 is 11.5 Å². The van der Waals surface area contributed by atoms with Gasteiger partial charge in [-0.25, -0.2) is 4.99 Å². The summed E-state index contributed by atoms with van der Waals surface area (Å²) in [6, 6.07) is 6.32. The Bertz CT molecular complexity index is 371. The molecule has 0 aliphatic heterocycles. The topological polar surface area (TPSA) is 108 Å². The van der Waals surface area contributed by atoms with E-state index in [1.54, 1.807) is 18.2 Å². The molecule has 0 spiro atoms. The van der Waals surface area contributed by atoms with E-state index in [2.05, 4.69) is 4.99 Å². The summed E-state index contributed by atoms with van der Waals surface area (Å²) in [5, 5.41) is 10.6. The Morgan fingerprint density at radius 2 is 2.07 bits per heavy atom. The molecule has 0 radical (unpaired) electrons. The van der Waals surface area contributed by atoms with E-state index in [4.69, 9.17) is 11.5 Å². The average molecular weight is 194 g/mol. The average Bonchev–Trinajstić information content (AvgIpc) is 2.15. The second-order valence-corrected chi connectivity index (χ2v) is 2.63. The molecule has 4 N–H and O–H groups in total. The van der Waals surface area contributed by atoms with Crippen LogP contribution in [0, 0.1) is 10.1 Å². The minimum atomic E-state index is -0.461. The molecule has 1 rings (SSSR count). The molecule has 1 aromatic carbocycles. The summed E-state index contributed by atoms with van der Waals surface area (Å²) in [5.74, 6) is -0.0804. The van der Waals surface area contributed by atoms with Gasteiger partial charge in [-0.05, 0) is 0 Å². The van der Waals surface area contributed by atoms with E-state index >= 15 is 0 Å². The van der Waals surface area contributed by atoms with Gasteiger partial charge in [-0.2, -0.15) is 0 Å². The molecule has 0 atom stereocenters. The van der Waals surface area contributed by atoms with Crippen molar-refractivity contribution >= 4 is 11.6 Å². The van der Waals surface area contributed by atoms with Gasteiger partial charge in [0.15, 0.2) is 5.96 Å². The quantitative estimate of drug-likeness (QED) is 0.313. The lowest BCUT2D eigenvalue weighted by molar-refractivity contribution is -0.385. The molecule has 0 amide bonds. The van der Waals surface area contributed by atoms with E-state index in [1.165, 1.54) is 6.07 Å². The van der Waals surface area contributed by atoms with Gasteiger partial charge in [0.2, 0.25) is 0 Å². The van der Waals surface area contributed by atoms with Crippen LogP contribution in [0.5, 0.6) is 0 Å². The van der Waals surface area contributed by atoms with E-state index in [9.17, 15) is 10.1 Å². The van der Waals surface area contributed by atoms with Crippen molar-refractivity contribution < 1.29 is 4.92 Å². The number of nitro groups is 1. The highest BCUT2D eigenvalue weighted by atomic mass is 16.6. The maximum atomic E-state index is 10.6. The van der Waals surface area contributed by atoms with E-state index in [0.29, 0.717) is 5.56 Å². The lowest BCUT2D eigenvalue weighted by Gasteiger charge is -1.98. The number of hydrogen-bond donors (Lipinski definition) is 2. The first kappa shape index (κ1) is 9.97. The van der Waals surface area contributed by atoms with Crippen LogP contribution in [0.3, 0.4) is 0 Å². The lowest BCUT2D eigenvalue weighted by Crippen LogP contribution is -2.22. The highest BCUT2D eigenvalue weighted by molar-refractivity contribution is 5.75. The van der Waals surface area contributed by atoms with Crippen LogP contribution in [-0.2, 0) is 6.54 Å². The molecule has 0 aliphatic carbocycles. The van der Waals surface area contributed by atoms with Crippen molar-refractivity contribution in [3.63, 3.8) is 0 Å². The van der Waals surface area contributed by atoms with Crippen LogP contribution >= 0.6 is 0 Å². The maximum absolute atomic E-state index is 10.6. The fraction of sp³-hybridized carbons (Fsp3) is 0.125. The molecule has 6 heteroatoms. The van der Waals surface area contributed by atoms with Gasteiger partial charge in [-0.15, -0.1) is 0 Å². The minimum absolute atomic E-state index is 0.0255. The summed E-state index contributed by atoms with van der Waals surface area (Å²) >= 11 is 0. The zero-order valence-electron chi connectivity index (χ0n) is 7.38. The van der Waals surface area contributed by atoms with Crippen LogP contribution in [0.4, 0.5) is 5.69 Å². The predicted octanol–water partition coefficient (Wildman–Crippen LogP) is 0.368. The Kier molecular flexibility index (Phi) is 3.01. The first-order valence-electron chi connectivity index (χ1n) is 3.89. The molecule has 0 saturated heterocycles. The summed E-state index contributed by atoms with van der Waals surface area (Å²) < 4.78 is 0. The fourth-order valence-electron chi connectivity index (χ4n) is 0.999. The first-order chi connectivity index (χ1) is 6.61. The highest BCUT2D eigenvalue weighted by Gasteiger charge is 2.10. The summed E-state index contributed by atoms with van der Waals surface area (Å²) in [4.78, 5) is 13.8. The Labute approximate surface area is 80.4 Å². The smallest absolute Gasteiger partial charge is 0.274 e. The second kappa shape index (κ2) is 4.22. The van der Waals surface area contributed by atoms with Crippen molar-refractivity contribution in [3.05, 3.63) is 39.9 Å². The number of nitrogens with zero attached hydrogens (tertiary/aromatic N) is 2. The summed E-state index contributed by atoms with van der Waals surface area (Å²) in [6.45, 7) is 0.124. The van der Waals surface area contributed by atoms with Gasteiger partial charge in [0.1, 0.15) is 0 Å². The van der Waals surface area contributed by atoms with Crippen molar-refractivity contribution in [1.82, 2.24) is 0 Å². The van der Waals surface area contributed by atoms with E-state index < -0.39 is 4.92 Å². The number of nitro benzene ring substituents is 1. The van der Waals surface area contributed by atoms with Gasteiger partial charge in [0.25, 0.3) is 5.69 Å². The molecule has 74 valence electrons. The first-order valence-corrected chi connectivity index (χ1v) is 3.89. The second-order valence-electron chi connectivity index (χ2n) is 2.63. The Balaban J connectivity index is 2.96. The Morgan fingerprint density at radius 3 is 2.64 bits per heavy atom. The van der Waals surface area contributed by atoms with E-state index in [-0.39, 0.29) is 18.2 Å². The monoisotopic (exact) mass is 194 g/mol. The number of aliphatic imine (C=N–C) groups is 1. The van der Waals surface area contributed by atoms with Crippen molar-refractivity contribution in [2.24, 2.45) is 16.5 Å². The third-order valence-corrected chi connectivity index (χ3v) is 1.62. The molecule has 0 aliphatic rings. The molecule has 0 heterocycles.